The molecular weight excluding hydrogens is 327 g/mol. The lowest BCUT2D eigenvalue weighted by molar-refractivity contribution is 0.0696. The second kappa shape index (κ2) is 5.34. The number of nitrogens with one attached hydrogen (secondary N) is 1. The Balaban J connectivity index is 2.47. The Morgan fingerprint density at radius 2 is 2.10 bits per heavy atom. The Bertz CT molecular complexity index is 818. The van der Waals surface area contributed by atoms with Crippen molar-refractivity contribution in [3.8, 4) is 0 Å². The van der Waals surface area contributed by atoms with Crippen molar-refractivity contribution in [2.45, 2.75) is 11.8 Å². The first-order chi connectivity index (χ1) is 9.70. The average Bonchev–Trinajstić information content (AvgIpc) is 2.76. The number of aromatic nitrogens is 1. The van der Waals surface area contributed by atoms with Crippen LogP contribution in [-0.2, 0) is 10.0 Å². The lowest BCUT2D eigenvalue weighted by Crippen LogP contribution is -2.14. The number of hydrogen-bond donors (Lipinski definition) is 2. The summed E-state index contributed by atoms with van der Waals surface area (Å²) in [5, 5.41) is 11.6. The number of carboxylic acid groups (broad SMARTS) is 1. The van der Waals surface area contributed by atoms with Crippen LogP contribution in [0.3, 0.4) is 0 Å². The highest BCUT2D eigenvalue weighted by Gasteiger charge is 2.22. The van der Waals surface area contributed by atoms with E-state index in [1.807, 2.05) is 4.72 Å². The Morgan fingerprint density at radius 3 is 2.62 bits per heavy atom. The van der Waals surface area contributed by atoms with E-state index in [2.05, 4.69) is 9.68 Å². The van der Waals surface area contributed by atoms with E-state index in [0.29, 0.717) is 11.8 Å². The molecule has 7 nitrogen and oxygen atoms in total. The molecule has 2 aromatic rings. The summed E-state index contributed by atoms with van der Waals surface area (Å²) in [6.45, 7) is 1.55. The zero-order chi connectivity index (χ0) is 15.8. The van der Waals surface area contributed by atoms with Gasteiger partial charge in [0.25, 0.3) is 10.0 Å². The van der Waals surface area contributed by atoms with Gasteiger partial charge < -0.3 is 9.63 Å². The van der Waals surface area contributed by atoms with Crippen LogP contribution < -0.4 is 4.72 Å². The van der Waals surface area contributed by atoms with E-state index < -0.39 is 37.3 Å². The monoisotopic (exact) mass is 334 g/mol. The molecule has 10 heteroatoms. The Labute approximate surface area is 123 Å². The molecule has 0 saturated carbocycles. The van der Waals surface area contributed by atoms with Crippen molar-refractivity contribution in [2.75, 3.05) is 4.72 Å². The van der Waals surface area contributed by atoms with Crippen molar-refractivity contribution in [1.29, 1.82) is 0 Å². The van der Waals surface area contributed by atoms with Crippen LogP contribution in [0.5, 0.6) is 0 Å². The van der Waals surface area contributed by atoms with Crippen LogP contribution in [0.1, 0.15) is 16.1 Å². The molecule has 0 aliphatic carbocycles. The van der Waals surface area contributed by atoms with Gasteiger partial charge >= 0.3 is 5.97 Å². The number of anilines is 1. The Morgan fingerprint density at radius 1 is 1.43 bits per heavy atom. The summed E-state index contributed by atoms with van der Waals surface area (Å²) in [4.78, 5) is 10.3. The van der Waals surface area contributed by atoms with Crippen LogP contribution in [-0.4, -0.2) is 24.7 Å². The molecule has 1 aromatic carbocycles. The number of aromatic carboxylic acids is 1. The topological polar surface area (TPSA) is 110 Å². The molecule has 21 heavy (non-hydrogen) atoms. The molecule has 2 rings (SSSR count). The summed E-state index contributed by atoms with van der Waals surface area (Å²) >= 11 is 5.48. The molecule has 0 fully saturated rings. The number of aryl methyl sites for hydroxylation is 1. The molecule has 1 aromatic heterocycles. The van der Waals surface area contributed by atoms with E-state index in [9.17, 15) is 17.6 Å². The van der Waals surface area contributed by atoms with Crippen molar-refractivity contribution < 1.29 is 27.2 Å². The molecule has 1 heterocycles. The van der Waals surface area contributed by atoms with E-state index in [-0.39, 0.29) is 5.82 Å². The number of carbonyl (C=O) groups is 1. The zero-order valence-electron chi connectivity index (χ0n) is 10.4. The van der Waals surface area contributed by atoms with Crippen LogP contribution in [0.2, 0.25) is 5.02 Å². The first kappa shape index (κ1) is 15.3. The van der Waals surface area contributed by atoms with Crippen LogP contribution in [0.15, 0.2) is 27.6 Å². The second-order valence-corrected chi connectivity index (χ2v) is 6.06. The molecule has 0 atom stereocenters. The quantitative estimate of drug-likeness (QED) is 0.887. The van der Waals surface area contributed by atoms with Crippen molar-refractivity contribution in [1.82, 2.24) is 5.16 Å². The van der Waals surface area contributed by atoms with Gasteiger partial charge in [-0.1, -0.05) is 16.8 Å². The summed E-state index contributed by atoms with van der Waals surface area (Å²) in [6.07, 6.45) is 0. The van der Waals surface area contributed by atoms with Crippen molar-refractivity contribution in [3.63, 3.8) is 0 Å². The first-order valence-corrected chi connectivity index (χ1v) is 7.25. The lowest BCUT2D eigenvalue weighted by Gasteiger charge is -2.07. The summed E-state index contributed by atoms with van der Waals surface area (Å²) in [7, 11) is -4.23. The standard InChI is InChI=1S/C11H8ClFN2O5S/c1-5-2-9(14-20-5)15-21(18,19)6-3-7(11(16)17)10(12)8(13)4-6/h2-4H,1H3,(H,14,15)(H,16,17). The molecule has 0 aliphatic rings. The fourth-order valence-corrected chi connectivity index (χ4v) is 2.70. The largest absolute Gasteiger partial charge is 0.478 e. The lowest BCUT2D eigenvalue weighted by atomic mass is 10.2. The molecular formula is C11H8ClFN2O5S. The van der Waals surface area contributed by atoms with Crippen molar-refractivity contribution >= 4 is 33.4 Å². The third-order valence-electron chi connectivity index (χ3n) is 2.41. The molecule has 0 aliphatic heterocycles. The van der Waals surface area contributed by atoms with Crippen molar-refractivity contribution in [3.05, 3.63) is 40.4 Å². The van der Waals surface area contributed by atoms with Crippen LogP contribution >= 0.6 is 11.6 Å². The maximum Gasteiger partial charge on any atom is 0.337 e. The Hall–Kier alpha value is -2.13. The molecule has 0 spiro atoms. The highest BCUT2D eigenvalue weighted by Crippen LogP contribution is 2.25. The minimum Gasteiger partial charge on any atom is -0.478 e. The minimum absolute atomic E-state index is 0.111. The minimum atomic E-state index is -4.23. The predicted octanol–water partition coefficient (Wildman–Crippen LogP) is 2.27. The van der Waals surface area contributed by atoms with Gasteiger partial charge in [0.1, 0.15) is 11.6 Å². The van der Waals surface area contributed by atoms with E-state index >= 15 is 0 Å². The van der Waals surface area contributed by atoms with Gasteiger partial charge in [-0.3, -0.25) is 4.72 Å². The summed E-state index contributed by atoms with van der Waals surface area (Å²) in [6, 6.07) is 2.68. The maximum absolute atomic E-state index is 13.6. The first-order valence-electron chi connectivity index (χ1n) is 5.39. The Kier molecular flexibility index (Phi) is 3.88. The summed E-state index contributed by atoms with van der Waals surface area (Å²) in [5.41, 5.74) is -0.659. The van der Waals surface area contributed by atoms with E-state index in [4.69, 9.17) is 16.7 Å². The number of rotatable bonds is 4. The molecule has 0 amide bonds. The highest BCUT2D eigenvalue weighted by molar-refractivity contribution is 7.92. The van der Waals surface area contributed by atoms with E-state index in [1.165, 1.54) is 6.07 Å². The van der Waals surface area contributed by atoms with Gasteiger partial charge in [0.2, 0.25) is 0 Å². The van der Waals surface area contributed by atoms with E-state index in [1.54, 1.807) is 6.92 Å². The number of carboxylic acids is 1. The summed E-state index contributed by atoms with van der Waals surface area (Å²) in [5.74, 6) is -2.46. The van der Waals surface area contributed by atoms with Crippen LogP contribution in [0.4, 0.5) is 10.2 Å². The summed E-state index contributed by atoms with van der Waals surface area (Å²) < 4.78 is 44.4. The van der Waals surface area contributed by atoms with Gasteiger partial charge in [0.05, 0.1) is 15.5 Å². The number of sulfonamides is 1. The third kappa shape index (κ3) is 3.14. The fourth-order valence-electron chi connectivity index (χ4n) is 1.49. The van der Waals surface area contributed by atoms with Crippen LogP contribution in [0, 0.1) is 12.7 Å². The van der Waals surface area contributed by atoms with Crippen molar-refractivity contribution in [2.24, 2.45) is 0 Å². The maximum atomic E-state index is 13.6. The number of hydrogen-bond acceptors (Lipinski definition) is 5. The molecule has 112 valence electrons. The smallest absolute Gasteiger partial charge is 0.337 e. The normalized spacial score (nSPS) is 11.4. The molecule has 2 N–H and O–H groups in total. The molecule has 0 saturated heterocycles. The predicted molar refractivity (Wildman–Crippen MR) is 70.4 cm³/mol. The fraction of sp³-hybridized carbons (Fsp3) is 0.0909. The number of halogens is 2. The number of nitrogens with zero attached hydrogens (tertiary/aromatic N) is 1. The van der Waals surface area contributed by atoms with Gasteiger partial charge in [-0.25, -0.2) is 17.6 Å². The van der Waals surface area contributed by atoms with Gasteiger partial charge in [-0.05, 0) is 19.1 Å². The average molecular weight is 335 g/mol. The highest BCUT2D eigenvalue weighted by atomic mass is 35.5. The van der Waals surface area contributed by atoms with Crippen LogP contribution in [0.25, 0.3) is 0 Å². The van der Waals surface area contributed by atoms with E-state index in [0.717, 1.165) is 6.07 Å². The van der Waals surface area contributed by atoms with Gasteiger partial charge in [0, 0.05) is 6.07 Å². The second-order valence-electron chi connectivity index (χ2n) is 4.00. The zero-order valence-corrected chi connectivity index (χ0v) is 12.0. The molecule has 0 radical (unpaired) electrons. The molecule has 0 bridgehead atoms. The van der Waals surface area contributed by atoms with Gasteiger partial charge in [-0.2, -0.15) is 0 Å². The number of benzene rings is 1. The third-order valence-corrected chi connectivity index (χ3v) is 4.13. The van der Waals surface area contributed by atoms with Gasteiger partial charge in [0.15, 0.2) is 5.82 Å². The SMILES string of the molecule is Cc1cc(NS(=O)(=O)c2cc(F)c(Cl)c(C(=O)O)c2)no1. The van der Waals surface area contributed by atoms with Gasteiger partial charge in [-0.15, -0.1) is 0 Å². The molecule has 0 unspecified atom stereocenters.